The molecule has 0 radical (unpaired) electrons. The van der Waals surface area contributed by atoms with E-state index in [1.165, 1.54) is 0 Å². The van der Waals surface area contributed by atoms with E-state index in [4.69, 9.17) is 4.74 Å². The molecule has 0 aliphatic rings. The number of hydrogen-bond donors (Lipinski definition) is 1. The molecule has 2 heterocycles. The van der Waals surface area contributed by atoms with Crippen LogP contribution >= 0.6 is 0 Å². The highest BCUT2D eigenvalue weighted by atomic mass is 16.6. The third-order valence-corrected chi connectivity index (χ3v) is 2.87. The fraction of sp³-hybridized carbons (Fsp3) is 0.312. The molecule has 0 aromatic carbocycles. The molecule has 2 aromatic rings. The second-order valence-electron chi connectivity index (χ2n) is 6.00. The SMILES string of the molecule is C=C(C)OC(=O)Nc1cc(C(C)(C)C)nn1-c1cccnc1. The lowest BCUT2D eigenvalue weighted by molar-refractivity contribution is 0.192. The first-order valence-electron chi connectivity index (χ1n) is 6.92. The van der Waals surface area contributed by atoms with Crippen molar-refractivity contribution >= 4 is 11.9 Å². The maximum absolute atomic E-state index is 11.8. The summed E-state index contributed by atoms with van der Waals surface area (Å²) in [6, 6.07) is 5.50. The number of hydrogen-bond acceptors (Lipinski definition) is 4. The third kappa shape index (κ3) is 3.72. The van der Waals surface area contributed by atoms with Gasteiger partial charge in [0.1, 0.15) is 5.82 Å². The minimum atomic E-state index is -0.599. The third-order valence-electron chi connectivity index (χ3n) is 2.87. The number of allylic oxidation sites excluding steroid dienone is 1. The van der Waals surface area contributed by atoms with Gasteiger partial charge in [-0.25, -0.2) is 9.48 Å². The number of aromatic nitrogens is 3. The van der Waals surface area contributed by atoms with Crippen molar-refractivity contribution in [3.05, 3.63) is 48.6 Å². The number of nitrogens with one attached hydrogen (secondary N) is 1. The van der Waals surface area contributed by atoms with Crippen molar-refractivity contribution in [2.24, 2.45) is 0 Å². The highest BCUT2D eigenvalue weighted by Crippen LogP contribution is 2.26. The van der Waals surface area contributed by atoms with Crippen LogP contribution in [0.2, 0.25) is 0 Å². The number of amides is 1. The summed E-state index contributed by atoms with van der Waals surface area (Å²) in [6.45, 7) is 11.3. The Morgan fingerprint density at radius 3 is 2.68 bits per heavy atom. The summed E-state index contributed by atoms with van der Waals surface area (Å²) >= 11 is 0. The minimum absolute atomic E-state index is 0.151. The van der Waals surface area contributed by atoms with Crippen molar-refractivity contribution in [3.8, 4) is 5.69 Å². The molecule has 0 aliphatic heterocycles. The Bertz CT molecular complexity index is 684. The average molecular weight is 300 g/mol. The van der Waals surface area contributed by atoms with Crippen LogP contribution < -0.4 is 5.32 Å². The van der Waals surface area contributed by atoms with Crippen LogP contribution in [0.25, 0.3) is 5.69 Å². The highest BCUT2D eigenvalue weighted by Gasteiger charge is 2.21. The van der Waals surface area contributed by atoms with E-state index in [2.05, 4.69) is 42.7 Å². The lowest BCUT2D eigenvalue weighted by Gasteiger charge is -2.14. The molecule has 0 bridgehead atoms. The first-order chi connectivity index (χ1) is 10.3. The Labute approximate surface area is 129 Å². The van der Waals surface area contributed by atoms with Crippen molar-refractivity contribution in [3.63, 3.8) is 0 Å². The standard InChI is InChI=1S/C16H20N4O2/c1-11(2)22-15(21)18-14-9-13(16(3,4)5)19-20(14)12-7-6-8-17-10-12/h6-10H,1H2,2-5H3,(H,18,21). The topological polar surface area (TPSA) is 69.0 Å². The Morgan fingerprint density at radius 2 is 2.14 bits per heavy atom. The summed E-state index contributed by atoms with van der Waals surface area (Å²) in [5, 5.41) is 7.25. The van der Waals surface area contributed by atoms with Gasteiger partial charge in [-0.3, -0.25) is 10.3 Å². The molecule has 0 fully saturated rings. The van der Waals surface area contributed by atoms with Crippen LogP contribution in [0, 0.1) is 0 Å². The van der Waals surface area contributed by atoms with Crippen molar-refractivity contribution < 1.29 is 9.53 Å². The average Bonchev–Trinajstić information content (AvgIpc) is 2.82. The van der Waals surface area contributed by atoms with Crippen LogP contribution in [0.15, 0.2) is 42.9 Å². The Hall–Kier alpha value is -2.63. The summed E-state index contributed by atoms with van der Waals surface area (Å²) < 4.78 is 6.57. The number of rotatable bonds is 3. The summed E-state index contributed by atoms with van der Waals surface area (Å²) in [7, 11) is 0. The quantitative estimate of drug-likeness (QED) is 0.878. The number of pyridine rings is 1. The normalized spacial score (nSPS) is 11.1. The van der Waals surface area contributed by atoms with Gasteiger partial charge >= 0.3 is 6.09 Å². The van der Waals surface area contributed by atoms with Crippen molar-refractivity contribution in [2.45, 2.75) is 33.1 Å². The fourth-order valence-corrected chi connectivity index (χ4v) is 1.80. The van der Waals surface area contributed by atoms with Gasteiger partial charge in [0.15, 0.2) is 0 Å². The van der Waals surface area contributed by atoms with Crippen molar-refractivity contribution in [1.29, 1.82) is 0 Å². The van der Waals surface area contributed by atoms with Crippen LogP contribution in [0.5, 0.6) is 0 Å². The highest BCUT2D eigenvalue weighted by molar-refractivity contribution is 5.84. The van der Waals surface area contributed by atoms with Crippen LogP contribution in [0.4, 0.5) is 10.6 Å². The summed E-state index contributed by atoms with van der Waals surface area (Å²) in [5.41, 5.74) is 1.45. The molecular formula is C16H20N4O2. The number of ether oxygens (including phenoxy) is 1. The molecule has 0 aliphatic carbocycles. The molecule has 0 saturated carbocycles. The first kappa shape index (κ1) is 15.8. The van der Waals surface area contributed by atoms with Gasteiger partial charge < -0.3 is 4.74 Å². The van der Waals surface area contributed by atoms with Gasteiger partial charge in [-0.2, -0.15) is 5.10 Å². The number of anilines is 1. The zero-order valence-electron chi connectivity index (χ0n) is 13.3. The van der Waals surface area contributed by atoms with E-state index in [9.17, 15) is 4.79 Å². The fourth-order valence-electron chi connectivity index (χ4n) is 1.80. The molecule has 0 unspecified atom stereocenters. The van der Waals surface area contributed by atoms with Gasteiger partial charge in [0, 0.05) is 17.7 Å². The first-order valence-corrected chi connectivity index (χ1v) is 6.92. The Kier molecular flexibility index (Phi) is 4.30. The van der Waals surface area contributed by atoms with Crippen LogP contribution in [-0.2, 0) is 10.2 Å². The van der Waals surface area contributed by atoms with E-state index >= 15 is 0 Å². The molecule has 2 rings (SSSR count). The van der Waals surface area contributed by atoms with Crippen molar-refractivity contribution in [2.75, 3.05) is 5.32 Å². The maximum atomic E-state index is 11.8. The molecular weight excluding hydrogens is 280 g/mol. The van der Waals surface area contributed by atoms with Gasteiger partial charge in [0.25, 0.3) is 0 Å². The Morgan fingerprint density at radius 1 is 1.41 bits per heavy atom. The zero-order chi connectivity index (χ0) is 16.3. The monoisotopic (exact) mass is 300 g/mol. The van der Waals surface area contributed by atoms with Crippen LogP contribution in [-0.4, -0.2) is 20.9 Å². The van der Waals surface area contributed by atoms with Gasteiger partial charge in [0.05, 0.1) is 23.3 Å². The van der Waals surface area contributed by atoms with E-state index in [0.717, 1.165) is 11.4 Å². The van der Waals surface area contributed by atoms with Gasteiger partial charge in [-0.05, 0) is 19.1 Å². The minimum Gasteiger partial charge on any atom is -0.416 e. The van der Waals surface area contributed by atoms with Gasteiger partial charge in [-0.15, -0.1) is 0 Å². The zero-order valence-corrected chi connectivity index (χ0v) is 13.3. The predicted molar refractivity (Wildman–Crippen MR) is 85.0 cm³/mol. The number of carbonyl (C=O) groups is 1. The molecule has 2 aromatic heterocycles. The molecule has 116 valence electrons. The van der Waals surface area contributed by atoms with Gasteiger partial charge in [-0.1, -0.05) is 27.4 Å². The second kappa shape index (κ2) is 6.01. The number of nitrogens with zero attached hydrogens (tertiary/aromatic N) is 3. The van der Waals surface area contributed by atoms with E-state index in [0.29, 0.717) is 11.6 Å². The molecule has 22 heavy (non-hydrogen) atoms. The molecule has 6 nitrogen and oxygen atoms in total. The molecule has 1 amide bonds. The van der Waals surface area contributed by atoms with E-state index < -0.39 is 6.09 Å². The summed E-state index contributed by atoms with van der Waals surface area (Å²) in [5.74, 6) is 0.838. The lowest BCUT2D eigenvalue weighted by atomic mass is 9.92. The largest absolute Gasteiger partial charge is 0.417 e. The summed E-state index contributed by atoms with van der Waals surface area (Å²) in [6.07, 6.45) is 2.76. The molecule has 1 N–H and O–H groups in total. The van der Waals surface area contributed by atoms with E-state index in [1.807, 2.05) is 18.2 Å². The Balaban J connectivity index is 2.40. The molecule has 0 atom stereocenters. The van der Waals surface area contributed by atoms with E-state index in [-0.39, 0.29) is 5.41 Å². The van der Waals surface area contributed by atoms with Crippen molar-refractivity contribution in [1.82, 2.24) is 14.8 Å². The smallest absolute Gasteiger partial charge is 0.416 e. The van der Waals surface area contributed by atoms with Gasteiger partial charge in [0.2, 0.25) is 0 Å². The second-order valence-corrected chi connectivity index (χ2v) is 6.00. The molecule has 6 heteroatoms. The lowest BCUT2D eigenvalue weighted by Crippen LogP contribution is -2.15. The van der Waals surface area contributed by atoms with Crippen LogP contribution in [0.3, 0.4) is 0 Å². The molecule has 0 saturated heterocycles. The maximum Gasteiger partial charge on any atom is 0.417 e. The van der Waals surface area contributed by atoms with Crippen LogP contribution in [0.1, 0.15) is 33.4 Å². The number of carbonyl (C=O) groups excluding carboxylic acids is 1. The predicted octanol–water partition coefficient (Wildman–Crippen LogP) is 3.65. The summed E-state index contributed by atoms with van der Waals surface area (Å²) in [4.78, 5) is 15.9. The molecule has 0 spiro atoms. The van der Waals surface area contributed by atoms with E-state index in [1.54, 1.807) is 24.0 Å².